The van der Waals surface area contributed by atoms with E-state index in [0.717, 1.165) is 31.7 Å². The third-order valence-electron chi connectivity index (χ3n) is 2.94. The van der Waals surface area contributed by atoms with Crippen molar-refractivity contribution in [2.45, 2.75) is 46.8 Å². The molecule has 0 spiro atoms. The van der Waals surface area contributed by atoms with Gasteiger partial charge in [0.1, 0.15) is 0 Å². The molecule has 0 heterocycles. The van der Waals surface area contributed by atoms with Crippen molar-refractivity contribution in [1.82, 2.24) is 5.32 Å². The molecule has 0 bridgehead atoms. The van der Waals surface area contributed by atoms with E-state index in [2.05, 4.69) is 5.32 Å². The van der Waals surface area contributed by atoms with Gasteiger partial charge in [0.05, 0.1) is 24.3 Å². The molecule has 0 aliphatic rings. The molecule has 0 aromatic heterocycles. The van der Waals surface area contributed by atoms with Crippen molar-refractivity contribution < 1.29 is 14.2 Å². The van der Waals surface area contributed by atoms with Gasteiger partial charge in [0.2, 0.25) is 0 Å². The molecular weight excluding hydrogens is 302 g/mol. The smallest absolute Gasteiger partial charge is 0.179 e. The highest BCUT2D eigenvalue weighted by molar-refractivity contribution is 6.32. The van der Waals surface area contributed by atoms with Crippen molar-refractivity contribution in [1.29, 1.82) is 0 Å². The summed E-state index contributed by atoms with van der Waals surface area (Å²) in [5.74, 6) is 1.33. The highest BCUT2D eigenvalue weighted by Crippen LogP contribution is 2.36. The number of nitrogens with one attached hydrogen (secondary N) is 1. The second-order valence-corrected chi connectivity index (χ2v) is 5.63. The second kappa shape index (κ2) is 10.7. The Bertz CT molecular complexity index is 438. The monoisotopic (exact) mass is 329 g/mol. The summed E-state index contributed by atoms with van der Waals surface area (Å²) in [6, 6.07) is 3.91. The van der Waals surface area contributed by atoms with Crippen LogP contribution in [-0.4, -0.2) is 32.5 Å². The molecule has 0 aliphatic carbocycles. The number of halogens is 1. The molecule has 0 amide bonds. The molecule has 1 N–H and O–H groups in total. The molecule has 1 rings (SSSR count). The maximum Gasteiger partial charge on any atom is 0.179 e. The van der Waals surface area contributed by atoms with E-state index in [1.54, 1.807) is 0 Å². The van der Waals surface area contributed by atoms with E-state index in [1.165, 1.54) is 0 Å². The fraction of sp³-hybridized carbons (Fsp3) is 0.647. The van der Waals surface area contributed by atoms with E-state index < -0.39 is 0 Å². The van der Waals surface area contributed by atoms with Crippen molar-refractivity contribution in [2.24, 2.45) is 0 Å². The number of rotatable bonds is 11. The van der Waals surface area contributed by atoms with Crippen LogP contribution in [0, 0.1) is 0 Å². The molecule has 1 aromatic carbocycles. The lowest BCUT2D eigenvalue weighted by atomic mass is 10.2. The quantitative estimate of drug-likeness (QED) is 0.622. The first-order valence-electron chi connectivity index (χ1n) is 7.98. The summed E-state index contributed by atoms with van der Waals surface area (Å²) in [6.45, 7) is 11.5. The van der Waals surface area contributed by atoms with E-state index in [4.69, 9.17) is 25.8 Å². The first-order chi connectivity index (χ1) is 10.6. The Morgan fingerprint density at radius 1 is 1.14 bits per heavy atom. The van der Waals surface area contributed by atoms with Crippen LogP contribution in [0.3, 0.4) is 0 Å². The topological polar surface area (TPSA) is 39.7 Å². The largest absolute Gasteiger partial charge is 0.490 e. The van der Waals surface area contributed by atoms with E-state index in [1.807, 2.05) is 39.8 Å². The van der Waals surface area contributed by atoms with Crippen LogP contribution in [0.25, 0.3) is 0 Å². The Balaban J connectivity index is 2.53. The van der Waals surface area contributed by atoms with Gasteiger partial charge < -0.3 is 19.5 Å². The minimum atomic E-state index is 0.290. The van der Waals surface area contributed by atoms with Crippen LogP contribution < -0.4 is 14.8 Å². The summed E-state index contributed by atoms with van der Waals surface area (Å²) in [6.07, 6.45) is 1.28. The maximum absolute atomic E-state index is 6.29. The van der Waals surface area contributed by atoms with Crippen LogP contribution in [0.4, 0.5) is 0 Å². The lowest BCUT2D eigenvalue weighted by Gasteiger charge is -2.15. The van der Waals surface area contributed by atoms with Crippen LogP contribution in [0.1, 0.15) is 39.7 Å². The first-order valence-corrected chi connectivity index (χ1v) is 8.36. The van der Waals surface area contributed by atoms with Crippen LogP contribution in [0.15, 0.2) is 12.1 Å². The molecule has 1 aromatic rings. The zero-order valence-corrected chi connectivity index (χ0v) is 14.8. The summed E-state index contributed by atoms with van der Waals surface area (Å²) >= 11 is 6.29. The predicted octanol–water partition coefficient (Wildman–Crippen LogP) is 4.04. The summed E-state index contributed by atoms with van der Waals surface area (Å²) in [4.78, 5) is 0. The molecule has 0 unspecified atom stereocenters. The van der Waals surface area contributed by atoms with Crippen molar-refractivity contribution >= 4 is 11.6 Å². The standard InChI is InChI=1S/C17H28ClNO3/c1-5-20-16-11-14(10-15(18)17(16)21-6-2)12-19-8-7-9-22-13(3)4/h10-11,13,19H,5-9,12H2,1-4H3. The summed E-state index contributed by atoms with van der Waals surface area (Å²) in [7, 11) is 0. The molecule has 0 fully saturated rings. The van der Waals surface area contributed by atoms with E-state index in [9.17, 15) is 0 Å². The fourth-order valence-corrected chi connectivity index (χ4v) is 2.31. The van der Waals surface area contributed by atoms with Gasteiger partial charge in [-0.1, -0.05) is 11.6 Å². The predicted molar refractivity (Wildman–Crippen MR) is 91.2 cm³/mol. The van der Waals surface area contributed by atoms with E-state index in [-0.39, 0.29) is 0 Å². The lowest BCUT2D eigenvalue weighted by Crippen LogP contribution is -2.17. The molecule has 5 heteroatoms. The first kappa shape index (κ1) is 19.1. The molecule has 0 atom stereocenters. The van der Waals surface area contributed by atoms with E-state index in [0.29, 0.717) is 35.8 Å². The molecule has 22 heavy (non-hydrogen) atoms. The molecular formula is C17H28ClNO3. The SMILES string of the molecule is CCOc1cc(CNCCCOC(C)C)cc(Cl)c1OCC. The van der Waals surface area contributed by atoms with Gasteiger partial charge in [0, 0.05) is 13.2 Å². The average molecular weight is 330 g/mol. The number of hydrogen-bond donors (Lipinski definition) is 1. The molecule has 4 nitrogen and oxygen atoms in total. The van der Waals surface area contributed by atoms with E-state index >= 15 is 0 Å². The Kier molecular flexibility index (Phi) is 9.28. The Hall–Kier alpha value is -0.970. The van der Waals surface area contributed by atoms with Crippen molar-refractivity contribution in [2.75, 3.05) is 26.4 Å². The van der Waals surface area contributed by atoms with Crippen LogP contribution in [-0.2, 0) is 11.3 Å². The van der Waals surface area contributed by atoms with Gasteiger partial charge in [-0.15, -0.1) is 0 Å². The molecule has 0 radical (unpaired) electrons. The van der Waals surface area contributed by atoms with Crippen LogP contribution in [0.5, 0.6) is 11.5 Å². The minimum Gasteiger partial charge on any atom is -0.490 e. The van der Waals surface area contributed by atoms with Gasteiger partial charge >= 0.3 is 0 Å². The summed E-state index contributed by atoms with van der Waals surface area (Å²) < 4.78 is 16.7. The maximum atomic E-state index is 6.29. The normalized spacial score (nSPS) is 11.0. The van der Waals surface area contributed by atoms with Crippen molar-refractivity contribution in [3.05, 3.63) is 22.7 Å². The fourth-order valence-electron chi connectivity index (χ4n) is 2.02. The van der Waals surface area contributed by atoms with Gasteiger partial charge in [-0.2, -0.15) is 0 Å². The highest BCUT2D eigenvalue weighted by Gasteiger charge is 2.12. The molecule has 126 valence electrons. The Morgan fingerprint density at radius 2 is 1.86 bits per heavy atom. The summed E-state index contributed by atoms with van der Waals surface area (Å²) in [5.41, 5.74) is 1.08. The van der Waals surface area contributed by atoms with Crippen molar-refractivity contribution in [3.63, 3.8) is 0 Å². The Labute approximate surface area is 139 Å². The number of ether oxygens (including phenoxy) is 3. The zero-order chi connectivity index (χ0) is 16.4. The van der Waals surface area contributed by atoms with Gasteiger partial charge in [0.15, 0.2) is 11.5 Å². The van der Waals surface area contributed by atoms with Gasteiger partial charge in [0.25, 0.3) is 0 Å². The zero-order valence-electron chi connectivity index (χ0n) is 14.1. The van der Waals surface area contributed by atoms with Gasteiger partial charge in [-0.25, -0.2) is 0 Å². The second-order valence-electron chi connectivity index (χ2n) is 5.22. The average Bonchev–Trinajstić information content (AvgIpc) is 2.46. The van der Waals surface area contributed by atoms with Crippen LogP contribution >= 0.6 is 11.6 Å². The third-order valence-corrected chi connectivity index (χ3v) is 3.22. The van der Waals surface area contributed by atoms with Crippen LogP contribution in [0.2, 0.25) is 5.02 Å². The Morgan fingerprint density at radius 3 is 2.50 bits per heavy atom. The lowest BCUT2D eigenvalue weighted by molar-refractivity contribution is 0.0770. The van der Waals surface area contributed by atoms with Gasteiger partial charge in [-0.3, -0.25) is 0 Å². The molecule has 0 saturated heterocycles. The third kappa shape index (κ3) is 6.86. The van der Waals surface area contributed by atoms with Crippen molar-refractivity contribution in [3.8, 4) is 11.5 Å². The summed E-state index contributed by atoms with van der Waals surface area (Å²) in [5, 5.41) is 3.98. The minimum absolute atomic E-state index is 0.290. The number of hydrogen-bond acceptors (Lipinski definition) is 4. The number of benzene rings is 1. The van der Waals surface area contributed by atoms with Gasteiger partial charge in [-0.05, 0) is 58.4 Å². The highest BCUT2D eigenvalue weighted by atomic mass is 35.5. The molecule has 0 saturated carbocycles. The molecule has 0 aliphatic heterocycles.